The van der Waals surface area contributed by atoms with Crippen molar-refractivity contribution in [2.24, 2.45) is 0 Å². The smallest absolute Gasteiger partial charge is 0.545 e. The Hall–Kier alpha value is 0.437. The zero-order valence-electron chi connectivity index (χ0n) is 8.66. The van der Waals surface area contributed by atoms with E-state index in [0.717, 1.165) is 0 Å². The van der Waals surface area contributed by atoms with E-state index in [9.17, 15) is 18.9 Å². The summed E-state index contributed by atoms with van der Waals surface area (Å²) in [7, 11) is -4.54. The molecule has 0 aliphatic rings. The zero-order valence-corrected chi connectivity index (χ0v) is 10.3. The minimum absolute atomic E-state index is 0. The predicted molar refractivity (Wildman–Crippen MR) is 45.6 cm³/mol. The molecule has 0 bridgehead atoms. The molecular weight excluding hydrogens is 244 g/mol. The molecule has 0 radical (unpaired) electrons. The van der Waals surface area contributed by atoms with Crippen LogP contribution in [0.4, 0.5) is 4.39 Å². The molecule has 1 unspecified atom stereocenters. The van der Waals surface area contributed by atoms with Gasteiger partial charge in [0.2, 0.25) is 0 Å². The summed E-state index contributed by atoms with van der Waals surface area (Å²) < 4.78 is 33.5. The molecule has 5 nitrogen and oxygen atoms in total. The van der Waals surface area contributed by atoms with E-state index in [1.54, 1.807) is 0 Å². The van der Waals surface area contributed by atoms with Crippen LogP contribution in [-0.2, 0) is 18.4 Å². The molecule has 9 heteroatoms. The number of alkyl halides is 2. The molecule has 84 valence electrons. The van der Waals surface area contributed by atoms with Crippen LogP contribution in [-0.4, -0.2) is 24.1 Å². The molecule has 15 heavy (non-hydrogen) atoms. The Balaban J connectivity index is 0. The molecule has 0 aliphatic carbocycles. The predicted octanol–water partition coefficient (Wildman–Crippen LogP) is -2.13. The van der Waals surface area contributed by atoms with Crippen LogP contribution in [0, 0.1) is 0 Å². The first kappa shape index (κ1) is 17.8. The Morgan fingerprint density at radius 3 is 2.00 bits per heavy atom. The van der Waals surface area contributed by atoms with Gasteiger partial charge in [-0.1, -0.05) is 11.6 Å². The largest absolute Gasteiger partial charge is 1.00 e. The van der Waals surface area contributed by atoms with Crippen molar-refractivity contribution in [1.82, 2.24) is 0 Å². The average Bonchev–Trinajstić information content (AvgIpc) is 2.04. The summed E-state index contributed by atoms with van der Waals surface area (Å²) in [6.07, 6.45) is 0. The number of aliphatic carboxylic acids is 1. The summed E-state index contributed by atoms with van der Waals surface area (Å²) in [5, 5.41) is 10.3. The molecule has 0 N–H and O–H groups in total. The topological polar surface area (TPSA) is 75.7 Å². The van der Waals surface area contributed by atoms with Gasteiger partial charge in [0, 0.05) is 0 Å². The standard InChI is InChI=1S/C6H11ClFO5P.Li/c1-3-12-14(11,13-4-2)6(7,8)5(9)10;/h3-4H2,1-2H3,(H,9,10);/q;+1/p-1. The second-order valence-corrected chi connectivity index (χ2v) is 5.07. The normalized spacial score (nSPS) is 15.2. The number of rotatable bonds is 6. The van der Waals surface area contributed by atoms with Crippen molar-refractivity contribution in [1.29, 1.82) is 0 Å². The first-order valence-electron chi connectivity index (χ1n) is 3.80. The summed E-state index contributed by atoms with van der Waals surface area (Å²) in [6, 6.07) is 0. The van der Waals surface area contributed by atoms with Gasteiger partial charge < -0.3 is 18.9 Å². The third kappa shape index (κ3) is 4.07. The number of carbonyl (C=O) groups is 1. The average molecular weight is 255 g/mol. The maximum absolute atomic E-state index is 13.2. The maximum atomic E-state index is 13.2. The number of hydrogen-bond acceptors (Lipinski definition) is 5. The van der Waals surface area contributed by atoms with Gasteiger partial charge in [0.1, 0.15) is 5.97 Å². The van der Waals surface area contributed by atoms with Crippen LogP contribution in [0.5, 0.6) is 0 Å². The molecule has 0 aromatic heterocycles. The molecule has 0 aromatic rings. The summed E-state index contributed by atoms with van der Waals surface area (Å²) in [5.41, 5.74) is 0. The molecule has 0 rings (SSSR count). The summed E-state index contributed by atoms with van der Waals surface area (Å²) in [6.45, 7) is 2.41. The molecule has 0 heterocycles. The van der Waals surface area contributed by atoms with Crippen LogP contribution in [0.3, 0.4) is 0 Å². The van der Waals surface area contributed by atoms with Crippen LogP contribution < -0.4 is 24.0 Å². The number of halogens is 2. The fraction of sp³-hybridized carbons (Fsp3) is 0.833. The molecule has 0 spiro atoms. The Morgan fingerprint density at radius 2 is 1.80 bits per heavy atom. The van der Waals surface area contributed by atoms with Crippen molar-refractivity contribution in [3.05, 3.63) is 0 Å². The van der Waals surface area contributed by atoms with Gasteiger partial charge in [-0.2, -0.15) is 0 Å². The molecule has 0 amide bonds. The number of carboxylic acid groups (broad SMARTS) is 1. The summed E-state index contributed by atoms with van der Waals surface area (Å²) in [5.74, 6) is -2.34. The molecule has 0 fully saturated rings. The molecular formula is C6H10ClFLiO5P. The number of hydrogen-bond donors (Lipinski definition) is 0. The van der Waals surface area contributed by atoms with Gasteiger partial charge in [-0.3, -0.25) is 4.57 Å². The van der Waals surface area contributed by atoms with Crippen molar-refractivity contribution < 1.29 is 46.8 Å². The fourth-order valence-corrected chi connectivity index (χ4v) is 2.25. The quantitative estimate of drug-likeness (QED) is 0.307. The van der Waals surface area contributed by atoms with Crippen molar-refractivity contribution in [2.45, 2.75) is 18.7 Å². The minimum Gasteiger partial charge on any atom is -0.545 e. The monoisotopic (exact) mass is 254 g/mol. The second kappa shape index (κ2) is 6.90. The van der Waals surface area contributed by atoms with Gasteiger partial charge in [-0.25, -0.2) is 4.39 Å². The zero-order chi connectivity index (χ0) is 11.4. The van der Waals surface area contributed by atoms with E-state index in [-0.39, 0.29) is 32.1 Å². The van der Waals surface area contributed by atoms with Gasteiger partial charge in [-0.05, 0) is 13.8 Å². The van der Waals surface area contributed by atoms with Crippen molar-refractivity contribution in [3.8, 4) is 0 Å². The van der Waals surface area contributed by atoms with E-state index in [0.29, 0.717) is 0 Å². The molecule has 0 saturated heterocycles. The first-order valence-corrected chi connectivity index (χ1v) is 5.72. The van der Waals surface area contributed by atoms with E-state index in [4.69, 9.17) is 11.6 Å². The number of carbonyl (C=O) groups excluding carboxylic acids is 1. The van der Waals surface area contributed by atoms with Crippen LogP contribution >= 0.6 is 19.2 Å². The molecule has 0 aliphatic heterocycles. The molecule has 1 atom stereocenters. The third-order valence-electron chi connectivity index (χ3n) is 1.19. The summed E-state index contributed by atoms with van der Waals surface area (Å²) in [4.78, 5) is 6.61. The van der Waals surface area contributed by atoms with E-state index in [1.165, 1.54) is 13.8 Å². The van der Waals surface area contributed by atoms with E-state index in [1.807, 2.05) is 0 Å². The minimum atomic E-state index is -4.54. The molecule has 0 aromatic carbocycles. The van der Waals surface area contributed by atoms with E-state index in [2.05, 4.69) is 9.05 Å². The van der Waals surface area contributed by atoms with Crippen LogP contribution in [0.15, 0.2) is 0 Å². The van der Waals surface area contributed by atoms with Crippen LogP contribution in [0.1, 0.15) is 13.8 Å². The van der Waals surface area contributed by atoms with Crippen LogP contribution in [0.25, 0.3) is 0 Å². The van der Waals surface area contributed by atoms with Crippen LogP contribution in [0.2, 0.25) is 0 Å². The van der Waals surface area contributed by atoms with Gasteiger partial charge in [0.05, 0.1) is 13.2 Å². The van der Waals surface area contributed by atoms with Gasteiger partial charge in [0.15, 0.2) is 0 Å². The maximum Gasteiger partial charge on any atom is 1.00 e. The second-order valence-electron chi connectivity index (χ2n) is 2.16. The van der Waals surface area contributed by atoms with Crippen molar-refractivity contribution in [3.63, 3.8) is 0 Å². The van der Waals surface area contributed by atoms with Crippen molar-refractivity contribution >= 4 is 25.2 Å². The Kier molecular flexibility index (Phi) is 8.20. The molecule has 0 saturated carbocycles. The SMILES string of the molecule is CCOP(=O)(OCC)C(F)(Cl)C(=O)[O-].[Li+]. The fourth-order valence-electron chi connectivity index (χ4n) is 0.651. The Bertz CT molecular complexity index is 252. The van der Waals surface area contributed by atoms with Gasteiger partial charge in [-0.15, -0.1) is 0 Å². The first-order chi connectivity index (χ1) is 6.31. The van der Waals surface area contributed by atoms with Gasteiger partial charge in [0.25, 0.3) is 0 Å². The Morgan fingerprint density at radius 1 is 1.47 bits per heavy atom. The van der Waals surface area contributed by atoms with E-state index < -0.39 is 18.4 Å². The Labute approximate surface area is 104 Å². The van der Waals surface area contributed by atoms with Gasteiger partial charge >= 0.3 is 31.3 Å². The van der Waals surface area contributed by atoms with Crippen molar-refractivity contribution in [2.75, 3.05) is 13.2 Å². The number of carboxylic acids is 1. The van der Waals surface area contributed by atoms with E-state index >= 15 is 0 Å². The third-order valence-corrected chi connectivity index (χ3v) is 4.03. The summed E-state index contributed by atoms with van der Waals surface area (Å²) >= 11 is 4.89.